The molecule has 0 fully saturated rings. The van der Waals surface area contributed by atoms with E-state index in [1.807, 2.05) is 26.0 Å². The lowest BCUT2D eigenvalue weighted by Crippen LogP contribution is -2.34. The average molecular weight is 398 g/mol. The third kappa shape index (κ3) is 2.60. The SMILES string of the molecule is Cc1nc2cc(-n3c(=O)[nH]c4sc5c(c4c3=O)CCCCC5)c(C)cc2s1. The minimum atomic E-state index is -0.377. The summed E-state index contributed by atoms with van der Waals surface area (Å²) in [5.41, 5.74) is 2.91. The molecule has 5 rings (SSSR count). The summed E-state index contributed by atoms with van der Waals surface area (Å²) in [6, 6.07) is 3.88. The highest BCUT2D eigenvalue weighted by Crippen LogP contribution is 2.33. The molecule has 1 aliphatic carbocycles. The number of benzene rings is 1. The van der Waals surface area contributed by atoms with E-state index in [0.717, 1.165) is 56.9 Å². The van der Waals surface area contributed by atoms with Gasteiger partial charge >= 0.3 is 5.69 Å². The van der Waals surface area contributed by atoms with Gasteiger partial charge in [-0.05, 0) is 62.8 Å². The van der Waals surface area contributed by atoms with Gasteiger partial charge in [0.15, 0.2) is 0 Å². The third-order valence-corrected chi connectivity index (χ3v) is 7.46. The number of nitrogens with one attached hydrogen (secondary N) is 1. The Bertz CT molecular complexity index is 1320. The zero-order valence-corrected chi connectivity index (χ0v) is 16.9. The molecule has 4 aromatic rings. The van der Waals surface area contributed by atoms with E-state index >= 15 is 0 Å². The first-order valence-electron chi connectivity index (χ1n) is 9.20. The summed E-state index contributed by atoms with van der Waals surface area (Å²) in [4.78, 5) is 35.7. The molecule has 0 atom stereocenters. The number of thiazole rings is 1. The number of hydrogen-bond acceptors (Lipinski definition) is 5. The van der Waals surface area contributed by atoms with Crippen LogP contribution < -0.4 is 11.2 Å². The van der Waals surface area contributed by atoms with Gasteiger partial charge in [0.2, 0.25) is 0 Å². The molecule has 1 aromatic carbocycles. The third-order valence-electron chi connectivity index (χ3n) is 5.32. The second-order valence-electron chi connectivity index (χ2n) is 7.18. The summed E-state index contributed by atoms with van der Waals surface area (Å²) in [5.74, 6) is 0. The van der Waals surface area contributed by atoms with E-state index in [9.17, 15) is 9.59 Å². The van der Waals surface area contributed by atoms with Gasteiger partial charge in [0.1, 0.15) is 4.83 Å². The molecule has 0 aliphatic heterocycles. The van der Waals surface area contributed by atoms with Gasteiger partial charge in [-0.2, -0.15) is 0 Å². The van der Waals surface area contributed by atoms with E-state index in [1.165, 1.54) is 15.9 Å². The number of aryl methyl sites for hydroxylation is 4. The van der Waals surface area contributed by atoms with Gasteiger partial charge in [-0.1, -0.05) is 6.42 Å². The predicted octanol–water partition coefficient (Wildman–Crippen LogP) is 4.24. The Kier molecular flexibility index (Phi) is 3.84. The highest BCUT2D eigenvalue weighted by Gasteiger charge is 2.21. The average Bonchev–Trinajstić information content (AvgIpc) is 3.05. The molecule has 0 unspecified atom stereocenters. The normalized spacial score (nSPS) is 14.6. The van der Waals surface area contributed by atoms with Crippen molar-refractivity contribution >= 4 is 43.1 Å². The molecular weight excluding hydrogens is 378 g/mol. The Labute approximate surface area is 163 Å². The number of hydrogen-bond donors (Lipinski definition) is 1. The second-order valence-corrected chi connectivity index (χ2v) is 9.52. The van der Waals surface area contributed by atoms with Crippen molar-refractivity contribution in [1.82, 2.24) is 14.5 Å². The van der Waals surface area contributed by atoms with Crippen molar-refractivity contribution in [1.29, 1.82) is 0 Å². The number of nitrogens with zero attached hydrogens (tertiary/aromatic N) is 2. The van der Waals surface area contributed by atoms with Gasteiger partial charge in [-0.25, -0.2) is 14.3 Å². The van der Waals surface area contributed by atoms with Crippen LogP contribution in [0.25, 0.3) is 26.1 Å². The lowest BCUT2D eigenvalue weighted by molar-refractivity contribution is 0.713. The second kappa shape index (κ2) is 6.14. The summed E-state index contributed by atoms with van der Waals surface area (Å²) in [5, 5.41) is 1.67. The molecule has 0 bridgehead atoms. The highest BCUT2D eigenvalue weighted by atomic mass is 32.1. The molecule has 0 saturated heterocycles. The van der Waals surface area contributed by atoms with Crippen LogP contribution >= 0.6 is 22.7 Å². The predicted molar refractivity (Wildman–Crippen MR) is 112 cm³/mol. The van der Waals surface area contributed by atoms with Crippen LogP contribution in [-0.4, -0.2) is 14.5 Å². The molecule has 7 heteroatoms. The first kappa shape index (κ1) is 16.9. The van der Waals surface area contributed by atoms with Crippen molar-refractivity contribution in [3.05, 3.63) is 54.0 Å². The molecule has 0 spiro atoms. The van der Waals surface area contributed by atoms with Crippen LogP contribution in [0.15, 0.2) is 21.7 Å². The quantitative estimate of drug-likeness (QED) is 0.489. The molecule has 1 aliphatic rings. The monoisotopic (exact) mass is 397 g/mol. The molecular formula is C20H19N3O2S2. The van der Waals surface area contributed by atoms with Crippen LogP contribution in [0.5, 0.6) is 0 Å². The summed E-state index contributed by atoms with van der Waals surface area (Å²) in [6.45, 7) is 3.90. The van der Waals surface area contributed by atoms with Crippen molar-refractivity contribution in [3.8, 4) is 5.69 Å². The van der Waals surface area contributed by atoms with E-state index in [-0.39, 0.29) is 11.2 Å². The Morgan fingerprint density at radius 1 is 1.07 bits per heavy atom. The zero-order chi connectivity index (χ0) is 18.7. The number of H-pyrrole nitrogens is 1. The summed E-state index contributed by atoms with van der Waals surface area (Å²) >= 11 is 3.20. The maximum atomic E-state index is 13.4. The Morgan fingerprint density at radius 3 is 2.74 bits per heavy atom. The molecule has 0 amide bonds. The van der Waals surface area contributed by atoms with Crippen LogP contribution in [0.1, 0.15) is 40.3 Å². The van der Waals surface area contributed by atoms with E-state index in [1.54, 1.807) is 22.7 Å². The number of aromatic nitrogens is 3. The molecule has 5 nitrogen and oxygen atoms in total. The number of fused-ring (bicyclic) bond motifs is 4. The standard InChI is InChI=1S/C20H19N3O2S2/c1-10-8-16-13(21-11(2)26-16)9-14(10)23-19(24)17-12-6-4-3-5-7-15(12)27-18(17)22-20(23)25/h8-9H,3-7H2,1-2H3,(H,22,25). The first-order valence-corrected chi connectivity index (χ1v) is 10.8. The van der Waals surface area contributed by atoms with Crippen molar-refractivity contribution in [2.75, 3.05) is 0 Å². The Morgan fingerprint density at radius 2 is 1.89 bits per heavy atom. The highest BCUT2D eigenvalue weighted by molar-refractivity contribution is 7.19. The molecule has 138 valence electrons. The Balaban J connectivity index is 1.83. The van der Waals surface area contributed by atoms with Crippen LogP contribution in [0.4, 0.5) is 0 Å². The number of thiophene rings is 1. The van der Waals surface area contributed by atoms with Gasteiger partial charge in [-0.3, -0.25) is 9.78 Å². The van der Waals surface area contributed by atoms with Crippen molar-refractivity contribution in [2.45, 2.75) is 46.0 Å². The van der Waals surface area contributed by atoms with E-state index in [2.05, 4.69) is 9.97 Å². The van der Waals surface area contributed by atoms with E-state index in [4.69, 9.17) is 0 Å². The molecule has 0 radical (unpaired) electrons. The molecule has 3 heterocycles. The minimum Gasteiger partial charge on any atom is -0.298 e. The fourth-order valence-corrected chi connectivity index (χ4v) is 6.23. The van der Waals surface area contributed by atoms with Gasteiger partial charge in [-0.15, -0.1) is 22.7 Å². The van der Waals surface area contributed by atoms with Crippen molar-refractivity contribution in [2.24, 2.45) is 0 Å². The molecule has 27 heavy (non-hydrogen) atoms. The van der Waals surface area contributed by atoms with Gasteiger partial charge in [0.25, 0.3) is 5.56 Å². The molecule has 3 aromatic heterocycles. The first-order chi connectivity index (χ1) is 13.0. The largest absolute Gasteiger partial charge is 0.334 e. The van der Waals surface area contributed by atoms with Crippen molar-refractivity contribution in [3.63, 3.8) is 0 Å². The minimum absolute atomic E-state index is 0.206. The van der Waals surface area contributed by atoms with Crippen LogP contribution in [0.3, 0.4) is 0 Å². The summed E-state index contributed by atoms with van der Waals surface area (Å²) in [6.07, 6.45) is 5.36. The van der Waals surface area contributed by atoms with E-state index in [0.29, 0.717) is 11.1 Å². The summed E-state index contributed by atoms with van der Waals surface area (Å²) < 4.78 is 2.37. The maximum Gasteiger partial charge on any atom is 0.334 e. The molecule has 0 saturated carbocycles. The van der Waals surface area contributed by atoms with Crippen LogP contribution in [0, 0.1) is 13.8 Å². The van der Waals surface area contributed by atoms with Crippen LogP contribution in [0.2, 0.25) is 0 Å². The van der Waals surface area contributed by atoms with Crippen molar-refractivity contribution < 1.29 is 0 Å². The summed E-state index contributed by atoms with van der Waals surface area (Å²) in [7, 11) is 0. The topological polar surface area (TPSA) is 67.8 Å². The molecule has 1 N–H and O–H groups in total. The number of rotatable bonds is 1. The fourth-order valence-electron chi connectivity index (χ4n) is 4.05. The lowest BCUT2D eigenvalue weighted by Gasteiger charge is -2.09. The maximum absolute atomic E-state index is 13.4. The van der Waals surface area contributed by atoms with Crippen LogP contribution in [-0.2, 0) is 12.8 Å². The fraction of sp³-hybridized carbons (Fsp3) is 0.350. The van der Waals surface area contributed by atoms with Gasteiger partial charge < -0.3 is 0 Å². The van der Waals surface area contributed by atoms with E-state index < -0.39 is 0 Å². The number of aromatic amines is 1. The zero-order valence-electron chi connectivity index (χ0n) is 15.2. The van der Waals surface area contributed by atoms with Gasteiger partial charge in [0.05, 0.1) is 26.3 Å². The smallest absolute Gasteiger partial charge is 0.298 e. The van der Waals surface area contributed by atoms with Gasteiger partial charge in [0, 0.05) is 4.88 Å². The Hall–Kier alpha value is -2.25. The lowest BCUT2D eigenvalue weighted by atomic mass is 10.1.